The molecule has 4 rings (SSSR count). The van der Waals surface area contributed by atoms with E-state index in [-0.39, 0.29) is 10.8 Å². The molecule has 3 aromatic carbocycles. The van der Waals surface area contributed by atoms with Crippen molar-refractivity contribution in [3.63, 3.8) is 0 Å². The number of rotatable bonds is 3. The number of nitrogens with one attached hydrogen (secondary N) is 4. The second-order valence-corrected chi connectivity index (χ2v) is 7.44. The van der Waals surface area contributed by atoms with Crippen molar-refractivity contribution in [2.24, 2.45) is 0 Å². The van der Waals surface area contributed by atoms with Crippen molar-refractivity contribution >= 4 is 66.7 Å². The number of carbonyl (C=O) groups excluding carboxylic acids is 1. The summed E-state index contributed by atoms with van der Waals surface area (Å²) in [7, 11) is 1.51. The maximum absolute atomic E-state index is 12.8. The van der Waals surface area contributed by atoms with Gasteiger partial charge in [-0.15, -0.1) is 0 Å². The molecule has 7 nitrogen and oxygen atoms in total. The Morgan fingerprint density at radius 1 is 1.10 bits per heavy atom. The molecule has 146 valence electrons. The number of halogens is 1. The van der Waals surface area contributed by atoms with Crippen LogP contribution in [0.5, 0.6) is 5.75 Å². The van der Waals surface area contributed by atoms with Crippen LogP contribution in [-0.4, -0.2) is 28.1 Å². The number of hydrogen-bond acceptors (Lipinski definition) is 4. The largest absolute Gasteiger partial charge is 0.495 e. The summed E-state index contributed by atoms with van der Waals surface area (Å²) in [6.07, 6.45) is 0. The number of imidazole rings is 1. The number of carbonyl (C=O) groups is 1. The molecule has 0 aliphatic carbocycles. The van der Waals surface area contributed by atoms with Gasteiger partial charge in [-0.2, -0.15) is 0 Å². The zero-order valence-electron chi connectivity index (χ0n) is 15.1. The number of amides is 1. The van der Waals surface area contributed by atoms with Gasteiger partial charge in [-0.3, -0.25) is 10.1 Å². The molecule has 1 heterocycles. The molecule has 0 saturated carbocycles. The molecule has 0 aliphatic heterocycles. The number of benzene rings is 3. The van der Waals surface area contributed by atoms with Crippen LogP contribution < -0.4 is 21.1 Å². The standard InChI is InChI=1S/C20H15BrN4O3S/c1-28-17-13(8-10-4-2-3-5-12(10)16(17)21)18(26)25-20(29)22-11-6-7-14-15(9-11)24-19(27)23-14/h2-9H,1H3,(H2,23,24,27)(H2,22,25,26,29). The second kappa shape index (κ2) is 7.69. The molecule has 9 heteroatoms. The van der Waals surface area contributed by atoms with Crippen molar-refractivity contribution in [2.75, 3.05) is 12.4 Å². The highest BCUT2D eigenvalue weighted by molar-refractivity contribution is 9.10. The molecule has 0 aliphatic rings. The molecule has 1 amide bonds. The summed E-state index contributed by atoms with van der Waals surface area (Å²) in [5.41, 5.74) is 2.01. The summed E-state index contributed by atoms with van der Waals surface area (Å²) in [6.45, 7) is 0. The van der Waals surface area contributed by atoms with Crippen LogP contribution in [0, 0.1) is 0 Å². The monoisotopic (exact) mass is 470 g/mol. The Bertz CT molecular complexity index is 1330. The molecule has 0 spiro atoms. The molecule has 0 bridgehead atoms. The molecule has 0 saturated heterocycles. The predicted molar refractivity (Wildman–Crippen MR) is 121 cm³/mol. The van der Waals surface area contributed by atoms with Crippen LogP contribution in [0.25, 0.3) is 21.8 Å². The van der Waals surface area contributed by atoms with E-state index in [0.29, 0.717) is 32.5 Å². The molecule has 1 aromatic heterocycles. The fourth-order valence-electron chi connectivity index (χ4n) is 3.10. The molecule has 0 radical (unpaired) electrons. The van der Waals surface area contributed by atoms with Crippen LogP contribution in [0.2, 0.25) is 0 Å². The van der Waals surface area contributed by atoms with Gasteiger partial charge in [0, 0.05) is 5.69 Å². The minimum atomic E-state index is -0.401. The molecule has 0 atom stereocenters. The van der Waals surface area contributed by atoms with Crippen molar-refractivity contribution in [1.29, 1.82) is 0 Å². The minimum absolute atomic E-state index is 0.124. The highest BCUT2D eigenvalue weighted by Gasteiger charge is 2.19. The number of methoxy groups -OCH3 is 1. The van der Waals surface area contributed by atoms with Crippen LogP contribution in [0.1, 0.15) is 10.4 Å². The average molecular weight is 471 g/mol. The molecule has 4 aromatic rings. The Balaban J connectivity index is 1.58. The quantitative estimate of drug-likeness (QED) is 0.340. The summed E-state index contributed by atoms with van der Waals surface area (Å²) in [5, 5.41) is 7.57. The van der Waals surface area contributed by atoms with Gasteiger partial charge in [0.1, 0.15) is 5.75 Å². The molecule has 4 N–H and O–H groups in total. The maximum atomic E-state index is 12.8. The third kappa shape index (κ3) is 3.74. The van der Waals surface area contributed by atoms with E-state index in [1.807, 2.05) is 24.3 Å². The second-order valence-electron chi connectivity index (χ2n) is 6.24. The van der Waals surface area contributed by atoms with Crippen molar-refractivity contribution < 1.29 is 9.53 Å². The molecule has 0 unspecified atom stereocenters. The Labute approximate surface area is 178 Å². The number of fused-ring (bicyclic) bond motifs is 2. The lowest BCUT2D eigenvalue weighted by Gasteiger charge is -2.14. The Hall–Kier alpha value is -3.17. The smallest absolute Gasteiger partial charge is 0.323 e. The van der Waals surface area contributed by atoms with E-state index in [2.05, 4.69) is 36.5 Å². The summed E-state index contributed by atoms with van der Waals surface area (Å²) < 4.78 is 6.15. The number of ether oxygens (including phenoxy) is 1. The number of hydrogen-bond donors (Lipinski definition) is 4. The molecular weight excluding hydrogens is 456 g/mol. The summed E-state index contributed by atoms with van der Waals surface area (Å²) in [5.74, 6) is 0.0252. The number of anilines is 1. The van der Waals surface area contributed by atoms with Gasteiger partial charge in [0.15, 0.2) is 5.11 Å². The normalized spacial score (nSPS) is 10.8. The van der Waals surface area contributed by atoms with E-state index in [1.165, 1.54) is 7.11 Å². The van der Waals surface area contributed by atoms with E-state index >= 15 is 0 Å². The molecule has 29 heavy (non-hydrogen) atoms. The SMILES string of the molecule is COc1c(C(=O)NC(=S)Nc2ccc3[nH]c(=O)[nH]c3c2)cc2ccccc2c1Br. The lowest BCUT2D eigenvalue weighted by atomic mass is 10.1. The lowest BCUT2D eigenvalue weighted by Crippen LogP contribution is -2.34. The first-order valence-corrected chi connectivity index (χ1v) is 9.76. The third-order valence-electron chi connectivity index (χ3n) is 4.39. The highest BCUT2D eigenvalue weighted by atomic mass is 79.9. The van der Waals surface area contributed by atoms with E-state index in [4.69, 9.17) is 17.0 Å². The summed E-state index contributed by atoms with van der Waals surface area (Å²) in [6, 6.07) is 14.6. The zero-order valence-corrected chi connectivity index (χ0v) is 17.5. The fourth-order valence-corrected chi connectivity index (χ4v) is 4.04. The van der Waals surface area contributed by atoms with E-state index < -0.39 is 5.91 Å². The Morgan fingerprint density at radius 3 is 2.66 bits per heavy atom. The molecule has 0 fully saturated rings. The van der Waals surface area contributed by atoms with Crippen molar-refractivity contribution in [2.45, 2.75) is 0 Å². The van der Waals surface area contributed by atoms with Gasteiger partial charge in [0.2, 0.25) is 0 Å². The van der Waals surface area contributed by atoms with Gasteiger partial charge in [-0.25, -0.2) is 4.79 Å². The highest BCUT2D eigenvalue weighted by Crippen LogP contribution is 2.36. The van der Waals surface area contributed by atoms with Gasteiger partial charge in [0.05, 0.1) is 28.2 Å². The van der Waals surface area contributed by atoms with Crippen LogP contribution in [0.3, 0.4) is 0 Å². The van der Waals surface area contributed by atoms with Crippen LogP contribution in [-0.2, 0) is 0 Å². The van der Waals surface area contributed by atoms with Crippen LogP contribution >= 0.6 is 28.1 Å². The summed E-state index contributed by atoms with van der Waals surface area (Å²) in [4.78, 5) is 29.6. The van der Waals surface area contributed by atoms with Crippen molar-refractivity contribution in [3.8, 4) is 5.75 Å². The van der Waals surface area contributed by atoms with Gasteiger partial charge in [-0.05, 0) is 63.2 Å². The number of H-pyrrole nitrogens is 2. The van der Waals surface area contributed by atoms with Gasteiger partial charge < -0.3 is 20.0 Å². The third-order valence-corrected chi connectivity index (χ3v) is 5.38. The predicted octanol–water partition coefficient (Wildman–Crippen LogP) is 3.91. The van der Waals surface area contributed by atoms with Gasteiger partial charge >= 0.3 is 5.69 Å². The van der Waals surface area contributed by atoms with Gasteiger partial charge in [0.25, 0.3) is 5.91 Å². The van der Waals surface area contributed by atoms with E-state index in [9.17, 15) is 9.59 Å². The van der Waals surface area contributed by atoms with Crippen LogP contribution in [0.4, 0.5) is 5.69 Å². The zero-order chi connectivity index (χ0) is 20.5. The average Bonchev–Trinajstić information content (AvgIpc) is 3.07. The lowest BCUT2D eigenvalue weighted by molar-refractivity contribution is 0.0975. The fraction of sp³-hybridized carbons (Fsp3) is 0.0500. The van der Waals surface area contributed by atoms with Crippen molar-refractivity contribution in [1.82, 2.24) is 15.3 Å². The first-order valence-electron chi connectivity index (χ1n) is 8.56. The topological polar surface area (TPSA) is 99.0 Å². The Morgan fingerprint density at radius 2 is 1.86 bits per heavy atom. The van der Waals surface area contributed by atoms with Gasteiger partial charge in [-0.1, -0.05) is 24.3 Å². The minimum Gasteiger partial charge on any atom is -0.495 e. The number of thiocarbonyl (C=S) groups is 1. The van der Waals surface area contributed by atoms with Crippen molar-refractivity contribution in [3.05, 3.63) is 69.1 Å². The number of aromatic amines is 2. The van der Waals surface area contributed by atoms with E-state index in [1.54, 1.807) is 24.3 Å². The maximum Gasteiger partial charge on any atom is 0.323 e. The van der Waals surface area contributed by atoms with E-state index in [0.717, 1.165) is 10.8 Å². The van der Waals surface area contributed by atoms with Crippen LogP contribution in [0.15, 0.2) is 57.8 Å². The molecular formula is C20H15BrN4O3S. The first-order chi connectivity index (χ1) is 14.0. The summed E-state index contributed by atoms with van der Waals surface area (Å²) >= 11 is 8.79. The first kappa shape index (κ1) is 19.2. The number of aromatic nitrogens is 2. The Kier molecular flexibility index (Phi) is 5.08.